The number of hydrogen-bond donors (Lipinski definition) is 3. The average molecular weight is 290 g/mol. The predicted octanol–water partition coefficient (Wildman–Crippen LogP) is 1.95. The fourth-order valence-corrected chi connectivity index (χ4v) is 2.30. The molecule has 1 amide bonds. The average Bonchev–Trinajstić information content (AvgIpc) is 2.95. The lowest BCUT2D eigenvalue weighted by Gasteiger charge is -2.08. The van der Waals surface area contributed by atoms with Crippen LogP contribution in [0.4, 0.5) is 5.69 Å². The molecule has 1 aromatic carbocycles. The molecule has 0 unspecified atom stereocenters. The zero-order chi connectivity index (χ0) is 14.5. The van der Waals surface area contributed by atoms with Crippen molar-refractivity contribution >= 4 is 28.9 Å². The van der Waals surface area contributed by atoms with Gasteiger partial charge in [0, 0.05) is 11.1 Å². The van der Waals surface area contributed by atoms with Gasteiger partial charge in [0.15, 0.2) is 0 Å². The minimum atomic E-state index is -1.03. The van der Waals surface area contributed by atoms with Crippen LogP contribution < -0.4 is 11.1 Å². The molecular weight excluding hydrogens is 276 g/mol. The van der Waals surface area contributed by atoms with Crippen molar-refractivity contribution in [3.05, 3.63) is 52.2 Å². The van der Waals surface area contributed by atoms with Gasteiger partial charge < -0.3 is 16.2 Å². The fourth-order valence-electron chi connectivity index (χ4n) is 1.66. The highest BCUT2D eigenvalue weighted by Crippen LogP contribution is 2.13. The van der Waals surface area contributed by atoms with E-state index in [1.54, 1.807) is 35.7 Å². The number of hydrogen-bond acceptors (Lipinski definition) is 4. The van der Waals surface area contributed by atoms with Crippen LogP contribution in [-0.4, -0.2) is 23.0 Å². The van der Waals surface area contributed by atoms with Gasteiger partial charge in [-0.25, -0.2) is 0 Å². The Labute approximate surface area is 120 Å². The molecule has 104 valence electrons. The molecule has 5 nitrogen and oxygen atoms in total. The van der Waals surface area contributed by atoms with Crippen LogP contribution in [0.1, 0.15) is 15.9 Å². The predicted molar refractivity (Wildman–Crippen MR) is 78.0 cm³/mol. The summed E-state index contributed by atoms with van der Waals surface area (Å²) in [7, 11) is 0. The summed E-state index contributed by atoms with van der Waals surface area (Å²) in [5, 5.41) is 15.1. The number of carboxylic acid groups (broad SMARTS) is 1. The summed E-state index contributed by atoms with van der Waals surface area (Å²) in [6.07, 6.45) is 0.258. The summed E-state index contributed by atoms with van der Waals surface area (Å²) in [6, 6.07) is 7.81. The molecule has 1 atom stereocenters. The maximum atomic E-state index is 11.8. The van der Waals surface area contributed by atoms with E-state index in [0.29, 0.717) is 11.3 Å². The summed E-state index contributed by atoms with van der Waals surface area (Å²) in [5.74, 6) is -1.19. The van der Waals surface area contributed by atoms with Crippen molar-refractivity contribution in [2.75, 3.05) is 5.32 Å². The van der Waals surface area contributed by atoms with Crippen LogP contribution in [0.25, 0.3) is 0 Å². The highest BCUT2D eigenvalue weighted by molar-refractivity contribution is 7.08. The van der Waals surface area contributed by atoms with E-state index in [1.807, 2.05) is 5.38 Å². The van der Waals surface area contributed by atoms with Crippen molar-refractivity contribution in [1.29, 1.82) is 0 Å². The number of carboxylic acids is 1. The zero-order valence-corrected chi connectivity index (χ0v) is 11.4. The third kappa shape index (κ3) is 3.66. The highest BCUT2D eigenvalue weighted by Gasteiger charge is 2.12. The number of anilines is 1. The number of rotatable bonds is 5. The molecule has 6 heteroatoms. The number of amides is 1. The maximum absolute atomic E-state index is 11.8. The van der Waals surface area contributed by atoms with Gasteiger partial charge in [-0.3, -0.25) is 9.59 Å². The van der Waals surface area contributed by atoms with Crippen LogP contribution in [-0.2, 0) is 11.2 Å². The number of carbonyl (C=O) groups excluding carboxylic acids is 1. The minimum Gasteiger partial charge on any atom is -0.480 e. The third-order valence-corrected chi connectivity index (χ3v) is 3.45. The summed E-state index contributed by atoms with van der Waals surface area (Å²) in [4.78, 5) is 22.5. The molecule has 0 saturated heterocycles. The topological polar surface area (TPSA) is 92.4 Å². The number of nitrogens with two attached hydrogens (primary N) is 1. The van der Waals surface area contributed by atoms with Crippen LogP contribution in [0.15, 0.2) is 41.1 Å². The second kappa shape index (κ2) is 6.31. The minimum absolute atomic E-state index is 0.166. The first-order valence-electron chi connectivity index (χ1n) is 5.97. The van der Waals surface area contributed by atoms with Crippen molar-refractivity contribution < 1.29 is 14.7 Å². The number of aliphatic carboxylic acids is 1. The molecule has 2 rings (SSSR count). The van der Waals surface area contributed by atoms with E-state index in [2.05, 4.69) is 5.32 Å². The van der Waals surface area contributed by atoms with Crippen LogP contribution in [0.5, 0.6) is 0 Å². The standard InChI is InChI=1S/C14H14N2O3S/c15-12(14(18)19)7-9-1-3-11(4-2-9)16-13(17)10-5-6-20-8-10/h1-6,8,12H,7,15H2,(H,16,17)(H,18,19)/t12-/m0/s1. The Morgan fingerprint density at radius 3 is 2.50 bits per heavy atom. The lowest BCUT2D eigenvalue weighted by molar-refractivity contribution is -0.138. The number of thiophene rings is 1. The van der Waals surface area contributed by atoms with Crippen LogP contribution >= 0.6 is 11.3 Å². The largest absolute Gasteiger partial charge is 0.480 e. The van der Waals surface area contributed by atoms with Crippen molar-refractivity contribution in [1.82, 2.24) is 0 Å². The Bertz CT molecular complexity index is 593. The van der Waals surface area contributed by atoms with Crippen molar-refractivity contribution in [3.63, 3.8) is 0 Å². The Morgan fingerprint density at radius 2 is 1.95 bits per heavy atom. The van der Waals surface area contributed by atoms with E-state index in [0.717, 1.165) is 5.56 Å². The fraction of sp³-hybridized carbons (Fsp3) is 0.143. The quantitative estimate of drug-likeness (QED) is 0.784. The summed E-state index contributed by atoms with van der Waals surface area (Å²) >= 11 is 1.46. The molecule has 0 radical (unpaired) electrons. The normalized spacial score (nSPS) is 11.8. The highest BCUT2D eigenvalue weighted by atomic mass is 32.1. The molecule has 2 aromatic rings. The Morgan fingerprint density at radius 1 is 1.25 bits per heavy atom. The van der Waals surface area contributed by atoms with Gasteiger partial charge in [0.05, 0.1) is 5.56 Å². The first kappa shape index (κ1) is 14.2. The molecule has 4 N–H and O–H groups in total. The Kier molecular flexibility index (Phi) is 4.49. The van der Waals surface area contributed by atoms with E-state index in [9.17, 15) is 9.59 Å². The van der Waals surface area contributed by atoms with E-state index >= 15 is 0 Å². The zero-order valence-electron chi connectivity index (χ0n) is 10.6. The van der Waals surface area contributed by atoms with Crippen LogP contribution in [0.2, 0.25) is 0 Å². The summed E-state index contributed by atoms with van der Waals surface area (Å²) in [5.41, 5.74) is 7.56. The monoisotopic (exact) mass is 290 g/mol. The molecule has 0 aliphatic heterocycles. The molecule has 1 heterocycles. The lowest BCUT2D eigenvalue weighted by atomic mass is 10.1. The van der Waals surface area contributed by atoms with Crippen LogP contribution in [0, 0.1) is 0 Å². The molecule has 20 heavy (non-hydrogen) atoms. The first-order valence-corrected chi connectivity index (χ1v) is 6.91. The van der Waals surface area contributed by atoms with E-state index in [4.69, 9.17) is 10.8 Å². The van der Waals surface area contributed by atoms with Gasteiger partial charge in [0.25, 0.3) is 5.91 Å². The number of carbonyl (C=O) groups is 2. The Hall–Kier alpha value is -2.18. The van der Waals surface area contributed by atoms with Gasteiger partial charge in [0.1, 0.15) is 6.04 Å². The van der Waals surface area contributed by atoms with Gasteiger partial charge >= 0.3 is 5.97 Å². The van der Waals surface area contributed by atoms with Gasteiger partial charge in [-0.2, -0.15) is 11.3 Å². The molecular formula is C14H14N2O3S. The molecule has 0 saturated carbocycles. The SMILES string of the molecule is N[C@@H](Cc1ccc(NC(=O)c2ccsc2)cc1)C(=O)O. The van der Waals surface area contributed by atoms with Crippen molar-refractivity contribution in [2.45, 2.75) is 12.5 Å². The van der Waals surface area contributed by atoms with E-state index < -0.39 is 12.0 Å². The van der Waals surface area contributed by atoms with Gasteiger partial charge in [-0.05, 0) is 35.6 Å². The maximum Gasteiger partial charge on any atom is 0.320 e. The molecule has 0 aliphatic rings. The van der Waals surface area contributed by atoms with E-state index in [-0.39, 0.29) is 12.3 Å². The van der Waals surface area contributed by atoms with Crippen LogP contribution in [0.3, 0.4) is 0 Å². The molecule has 0 fully saturated rings. The first-order chi connectivity index (χ1) is 9.56. The smallest absolute Gasteiger partial charge is 0.320 e. The van der Waals surface area contributed by atoms with Gasteiger partial charge in [-0.15, -0.1) is 0 Å². The van der Waals surface area contributed by atoms with Gasteiger partial charge in [0.2, 0.25) is 0 Å². The molecule has 0 aliphatic carbocycles. The molecule has 1 aromatic heterocycles. The lowest BCUT2D eigenvalue weighted by Crippen LogP contribution is -2.32. The molecule has 0 spiro atoms. The van der Waals surface area contributed by atoms with Gasteiger partial charge in [-0.1, -0.05) is 12.1 Å². The Balaban J connectivity index is 1.98. The third-order valence-electron chi connectivity index (χ3n) is 2.77. The second-order valence-electron chi connectivity index (χ2n) is 4.31. The summed E-state index contributed by atoms with van der Waals surface area (Å²) in [6.45, 7) is 0. The number of nitrogens with one attached hydrogen (secondary N) is 1. The number of benzene rings is 1. The molecule has 0 bridgehead atoms. The van der Waals surface area contributed by atoms with E-state index in [1.165, 1.54) is 11.3 Å². The van der Waals surface area contributed by atoms with Crippen molar-refractivity contribution in [3.8, 4) is 0 Å². The summed E-state index contributed by atoms with van der Waals surface area (Å²) < 4.78 is 0. The van der Waals surface area contributed by atoms with Crippen molar-refractivity contribution in [2.24, 2.45) is 5.73 Å². The second-order valence-corrected chi connectivity index (χ2v) is 5.09.